The predicted molar refractivity (Wildman–Crippen MR) is 76.8 cm³/mol. The first-order chi connectivity index (χ1) is 8.13. The van der Waals surface area contributed by atoms with Crippen LogP contribution >= 0.6 is 11.3 Å². The molecule has 4 nitrogen and oxygen atoms in total. The first-order valence-electron chi connectivity index (χ1n) is 6.01. The Balaban J connectivity index is 2.48. The largest absolute Gasteiger partial charge is 0.307 e. The smallest absolute Gasteiger partial charge is 0.156 e. The number of nitrogens with one attached hydrogen (secondary N) is 1. The van der Waals surface area contributed by atoms with E-state index in [0.29, 0.717) is 6.54 Å². The van der Waals surface area contributed by atoms with Crippen LogP contribution in [0.3, 0.4) is 0 Å². The van der Waals surface area contributed by atoms with Gasteiger partial charge in [0.2, 0.25) is 0 Å². The first-order valence-corrected chi connectivity index (χ1v) is 8.54. The van der Waals surface area contributed by atoms with Crippen molar-refractivity contribution in [1.29, 1.82) is 0 Å². The number of hydrogen-bond donors (Lipinski definition) is 1. The molecule has 0 fully saturated rings. The van der Waals surface area contributed by atoms with Gasteiger partial charge >= 0.3 is 0 Å². The van der Waals surface area contributed by atoms with Gasteiger partial charge in [0.1, 0.15) is 5.01 Å². The van der Waals surface area contributed by atoms with Crippen LogP contribution in [0, 0.1) is 6.92 Å². The minimum absolute atomic E-state index is 0.0962. The van der Waals surface area contributed by atoms with Crippen LogP contribution in [-0.4, -0.2) is 30.4 Å². The maximum atomic E-state index is 11.9. The Morgan fingerprint density at radius 3 is 2.50 bits per heavy atom. The Morgan fingerprint density at radius 2 is 2.06 bits per heavy atom. The summed E-state index contributed by atoms with van der Waals surface area (Å²) >= 11 is 1.60. The second-order valence-electron chi connectivity index (χ2n) is 5.43. The second-order valence-corrected chi connectivity index (χ2v) is 9.19. The van der Waals surface area contributed by atoms with Crippen LogP contribution < -0.4 is 5.32 Å². The molecule has 0 amide bonds. The quantitative estimate of drug-likeness (QED) is 0.904. The van der Waals surface area contributed by atoms with Gasteiger partial charge in [0.05, 0.1) is 16.5 Å². The third-order valence-corrected chi connectivity index (χ3v) is 6.51. The van der Waals surface area contributed by atoms with Crippen molar-refractivity contribution in [3.05, 3.63) is 16.1 Å². The molecule has 0 aromatic carbocycles. The van der Waals surface area contributed by atoms with Gasteiger partial charge in [0, 0.05) is 17.6 Å². The van der Waals surface area contributed by atoms with Crippen molar-refractivity contribution in [2.45, 2.75) is 45.4 Å². The SMILES string of the molecule is Cc1csc(C(C)NCCS(=O)(=O)C(C)(C)C)n1. The molecular weight excluding hydrogens is 268 g/mol. The molecule has 1 unspecified atom stereocenters. The standard InChI is InChI=1S/C12H22N2O2S2/c1-9-8-17-11(14-9)10(2)13-6-7-18(15,16)12(3,4)5/h8,10,13H,6-7H2,1-5H3. The van der Waals surface area contributed by atoms with Crippen molar-refractivity contribution in [3.63, 3.8) is 0 Å². The van der Waals surface area contributed by atoms with Crippen LogP contribution in [-0.2, 0) is 9.84 Å². The maximum Gasteiger partial charge on any atom is 0.156 e. The zero-order valence-corrected chi connectivity index (χ0v) is 13.3. The van der Waals surface area contributed by atoms with E-state index < -0.39 is 14.6 Å². The second kappa shape index (κ2) is 5.67. The number of hydrogen-bond acceptors (Lipinski definition) is 5. The number of thiazole rings is 1. The normalized spacial score (nSPS) is 14.7. The Kier molecular flexibility index (Phi) is 4.91. The lowest BCUT2D eigenvalue weighted by molar-refractivity contribution is 0.546. The number of aromatic nitrogens is 1. The number of aryl methyl sites for hydroxylation is 1. The van der Waals surface area contributed by atoms with E-state index in [1.54, 1.807) is 32.1 Å². The molecule has 0 bridgehead atoms. The Bertz CT molecular complexity index is 486. The van der Waals surface area contributed by atoms with E-state index in [4.69, 9.17) is 0 Å². The molecule has 0 saturated carbocycles. The van der Waals surface area contributed by atoms with E-state index in [2.05, 4.69) is 10.3 Å². The fourth-order valence-corrected chi connectivity index (χ4v) is 3.20. The van der Waals surface area contributed by atoms with Gasteiger partial charge in [-0.1, -0.05) is 0 Å². The fraction of sp³-hybridized carbons (Fsp3) is 0.750. The lowest BCUT2D eigenvalue weighted by Gasteiger charge is -2.20. The Morgan fingerprint density at radius 1 is 1.44 bits per heavy atom. The van der Waals surface area contributed by atoms with Crippen molar-refractivity contribution in [3.8, 4) is 0 Å². The molecule has 0 aliphatic rings. The number of sulfone groups is 1. The zero-order valence-electron chi connectivity index (χ0n) is 11.6. The van der Waals surface area contributed by atoms with Gasteiger partial charge in [-0.2, -0.15) is 0 Å². The van der Waals surface area contributed by atoms with Gasteiger partial charge in [-0.3, -0.25) is 0 Å². The summed E-state index contributed by atoms with van der Waals surface area (Å²) in [5.41, 5.74) is 1.01. The number of nitrogens with zero attached hydrogens (tertiary/aromatic N) is 1. The highest BCUT2D eigenvalue weighted by atomic mass is 32.2. The monoisotopic (exact) mass is 290 g/mol. The average Bonchev–Trinajstić information content (AvgIpc) is 2.62. The zero-order chi connectivity index (χ0) is 14.0. The van der Waals surface area contributed by atoms with Crippen molar-refractivity contribution in [2.75, 3.05) is 12.3 Å². The highest BCUT2D eigenvalue weighted by Crippen LogP contribution is 2.18. The lowest BCUT2D eigenvalue weighted by atomic mass is 10.3. The van der Waals surface area contributed by atoms with Crippen molar-refractivity contribution < 1.29 is 8.42 Å². The van der Waals surface area contributed by atoms with Crippen LogP contribution in [0.2, 0.25) is 0 Å². The average molecular weight is 290 g/mol. The molecule has 0 spiro atoms. The van der Waals surface area contributed by atoms with Gasteiger partial charge in [0.15, 0.2) is 9.84 Å². The highest BCUT2D eigenvalue weighted by Gasteiger charge is 2.28. The molecule has 6 heteroatoms. The molecule has 0 radical (unpaired) electrons. The van der Waals surface area contributed by atoms with Crippen LogP contribution in [0.25, 0.3) is 0 Å². The Hall–Kier alpha value is -0.460. The molecule has 0 aliphatic carbocycles. The molecular formula is C12H22N2O2S2. The van der Waals surface area contributed by atoms with E-state index in [0.717, 1.165) is 10.7 Å². The van der Waals surface area contributed by atoms with Gasteiger partial charge < -0.3 is 5.32 Å². The summed E-state index contributed by atoms with van der Waals surface area (Å²) in [5.74, 6) is 0.158. The van der Waals surface area contributed by atoms with Crippen LogP contribution in [0.15, 0.2) is 5.38 Å². The Labute approximate surface area is 114 Å². The summed E-state index contributed by atoms with van der Waals surface area (Å²) in [7, 11) is -3.05. The molecule has 104 valence electrons. The first kappa shape index (κ1) is 15.6. The molecule has 1 N–H and O–H groups in total. The summed E-state index contributed by atoms with van der Waals surface area (Å²) < 4.78 is 23.2. The van der Waals surface area contributed by atoms with E-state index >= 15 is 0 Å². The maximum absolute atomic E-state index is 11.9. The summed E-state index contributed by atoms with van der Waals surface area (Å²) in [6.45, 7) is 9.61. The molecule has 0 aliphatic heterocycles. The summed E-state index contributed by atoms with van der Waals surface area (Å²) in [6, 6.07) is 0.0962. The third kappa shape index (κ3) is 4.03. The highest BCUT2D eigenvalue weighted by molar-refractivity contribution is 7.92. The van der Waals surface area contributed by atoms with Crippen LogP contribution in [0.5, 0.6) is 0 Å². The topological polar surface area (TPSA) is 59.1 Å². The van der Waals surface area contributed by atoms with E-state index in [-0.39, 0.29) is 11.8 Å². The predicted octanol–water partition coefficient (Wildman–Crippen LogP) is 2.32. The minimum Gasteiger partial charge on any atom is -0.307 e. The van der Waals surface area contributed by atoms with Crippen LogP contribution in [0.4, 0.5) is 0 Å². The van der Waals surface area contributed by atoms with Crippen molar-refractivity contribution >= 4 is 21.2 Å². The molecule has 18 heavy (non-hydrogen) atoms. The third-order valence-electron chi connectivity index (χ3n) is 2.76. The van der Waals surface area contributed by atoms with E-state index in [1.165, 1.54) is 0 Å². The van der Waals surface area contributed by atoms with Crippen molar-refractivity contribution in [1.82, 2.24) is 10.3 Å². The molecule has 1 atom stereocenters. The lowest BCUT2D eigenvalue weighted by Crippen LogP contribution is -2.35. The molecule has 1 aromatic heterocycles. The minimum atomic E-state index is -3.05. The number of rotatable bonds is 5. The van der Waals surface area contributed by atoms with Crippen molar-refractivity contribution in [2.24, 2.45) is 0 Å². The molecule has 0 saturated heterocycles. The van der Waals surface area contributed by atoms with Gasteiger partial charge in [-0.15, -0.1) is 11.3 Å². The van der Waals surface area contributed by atoms with Crippen LogP contribution in [0.1, 0.15) is 44.4 Å². The van der Waals surface area contributed by atoms with E-state index in [1.807, 2.05) is 19.2 Å². The summed E-state index contributed by atoms with van der Waals surface area (Å²) in [6.07, 6.45) is 0. The molecule has 1 heterocycles. The van der Waals surface area contributed by atoms with Gasteiger partial charge in [-0.25, -0.2) is 13.4 Å². The fourth-order valence-electron chi connectivity index (χ4n) is 1.37. The van der Waals surface area contributed by atoms with E-state index in [9.17, 15) is 8.42 Å². The molecule has 1 aromatic rings. The molecule has 1 rings (SSSR count). The summed E-state index contributed by atoms with van der Waals surface area (Å²) in [5, 5.41) is 6.21. The summed E-state index contributed by atoms with van der Waals surface area (Å²) in [4.78, 5) is 4.38. The van der Waals surface area contributed by atoms with Gasteiger partial charge in [-0.05, 0) is 34.6 Å². The van der Waals surface area contributed by atoms with Gasteiger partial charge in [0.25, 0.3) is 0 Å².